The van der Waals surface area contributed by atoms with Crippen molar-refractivity contribution in [1.29, 1.82) is 0 Å². The van der Waals surface area contributed by atoms with Gasteiger partial charge in [-0.15, -0.1) is 11.3 Å². The van der Waals surface area contributed by atoms with Crippen LogP contribution in [0.15, 0.2) is 66.3 Å². The highest BCUT2D eigenvalue weighted by atomic mass is 32.1. The van der Waals surface area contributed by atoms with Crippen molar-refractivity contribution in [2.24, 2.45) is 0 Å². The number of rotatable bonds is 7. The number of piperazine rings is 1. The fourth-order valence-electron chi connectivity index (χ4n) is 4.27. The van der Waals surface area contributed by atoms with Gasteiger partial charge in [-0.2, -0.15) is 0 Å². The van der Waals surface area contributed by atoms with Gasteiger partial charge in [0.05, 0.1) is 11.7 Å². The Hall–Kier alpha value is -3.30. The van der Waals surface area contributed by atoms with E-state index >= 15 is 0 Å². The molecule has 1 aromatic carbocycles. The average molecular weight is 482 g/mol. The summed E-state index contributed by atoms with van der Waals surface area (Å²) in [5, 5.41) is 7.53. The number of halogens is 1. The van der Waals surface area contributed by atoms with Crippen molar-refractivity contribution in [1.82, 2.24) is 20.5 Å². The molecule has 9 heteroatoms. The highest BCUT2D eigenvalue weighted by molar-refractivity contribution is 7.10. The summed E-state index contributed by atoms with van der Waals surface area (Å²) in [5.74, 6) is -1.56. The molecule has 1 fully saturated rings. The zero-order chi connectivity index (χ0) is 23.9. The summed E-state index contributed by atoms with van der Waals surface area (Å²) in [6, 6.07) is 14.1. The predicted octanol–water partition coefficient (Wildman–Crippen LogP) is 2.97. The fraction of sp³-hybridized carbons (Fsp3) is 0.320. The summed E-state index contributed by atoms with van der Waals surface area (Å²) < 4.78 is 14.2. The number of amides is 2. The molecule has 1 aliphatic heterocycles. The van der Waals surface area contributed by atoms with Gasteiger partial charge >= 0.3 is 11.8 Å². The first-order valence-electron chi connectivity index (χ1n) is 11.3. The number of hydrogen-bond donors (Lipinski definition) is 2. The number of aromatic nitrogens is 1. The SMILES string of the molecule is C[C@H](NC(=O)C(=O)NCc1cccnc1)[C@@H](c1cccs1)N1CCN(c2ccccc2F)CC1. The number of pyridine rings is 1. The molecule has 2 aromatic heterocycles. The van der Waals surface area contributed by atoms with Crippen molar-refractivity contribution < 1.29 is 14.0 Å². The zero-order valence-electron chi connectivity index (χ0n) is 19.0. The van der Waals surface area contributed by atoms with Crippen LogP contribution in [-0.4, -0.2) is 53.9 Å². The van der Waals surface area contributed by atoms with Crippen molar-refractivity contribution >= 4 is 28.8 Å². The monoisotopic (exact) mass is 481 g/mol. The predicted molar refractivity (Wildman–Crippen MR) is 131 cm³/mol. The van der Waals surface area contributed by atoms with Crippen molar-refractivity contribution in [3.05, 3.63) is 82.6 Å². The van der Waals surface area contributed by atoms with Crippen LogP contribution in [0.5, 0.6) is 0 Å². The Morgan fingerprint density at radius 3 is 2.53 bits per heavy atom. The van der Waals surface area contributed by atoms with E-state index in [1.165, 1.54) is 6.07 Å². The minimum atomic E-state index is -0.676. The van der Waals surface area contributed by atoms with Gasteiger partial charge in [-0.25, -0.2) is 4.39 Å². The molecule has 3 aromatic rings. The summed E-state index contributed by atoms with van der Waals surface area (Å²) in [5.41, 5.74) is 1.43. The topological polar surface area (TPSA) is 77.6 Å². The molecule has 0 aliphatic carbocycles. The molecular formula is C25H28FN5O2S. The molecule has 178 valence electrons. The van der Waals surface area contributed by atoms with Crippen LogP contribution >= 0.6 is 11.3 Å². The molecule has 0 radical (unpaired) electrons. The Morgan fingerprint density at radius 2 is 1.85 bits per heavy atom. The second-order valence-corrected chi connectivity index (χ2v) is 9.22. The molecule has 0 unspecified atom stereocenters. The molecule has 1 aliphatic rings. The first-order chi connectivity index (χ1) is 16.5. The van der Waals surface area contributed by atoms with E-state index in [4.69, 9.17) is 0 Å². The molecule has 0 spiro atoms. The molecule has 2 amide bonds. The number of carbonyl (C=O) groups is 2. The second kappa shape index (κ2) is 11.2. The third kappa shape index (κ3) is 5.78. The van der Waals surface area contributed by atoms with E-state index in [1.807, 2.05) is 41.5 Å². The summed E-state index contributed by atoms with van der Waals surface area (Å²) >= 11 is 1.62. The molecule has 34 heavy (non-hydrogen) atoms. The first kappa shape index (κ1) is 23.8. The van der Waals surface area contributed by atoms with Gasteiger partial charge in [0.2, 0.25) is 0 Å². The Kier molecular flexibility index (Phi) is 7.87. The fourth-order valence-corrected chi connectivity index (χ4v) is 5.23. The lowest BCUT2D eigenvalue weighted by molar-refractivity contribution is -0.140. The quantitative estimate of drug-likeness (QED) is 0.508. The van der Waals surface area contributed by atoms with E-state index in [-0.39, 0.29) is 24.4 Å². The zero-order valence-corrected chi connectivity index (χ0v) is 19.8. The molecular weight excluding hydrogens is 453 g/mol. The van der Waals surface area contributed by atoms with Crippen LogP contribution in [0.2, 0.25) is 0 Å². The van der Waals surface area contributed by atoms with Crippen molar-refractivity contribution in [2.75, 3.05) is 31.1 Å². The first-order valence-corrected chi connectivity index (χ1v) is 12.2. The summed E-state index contributed by atoms with van der Waals surface area (Å²) in [6.07, 6.45) is 3.30. The molecule has 4 rings (SSSR count). The lowest BCUT2D eigenvalue weighted by Crippen LogP contribution is -2.53. The molecule has 0 bridgehead atoms. The van der Waals surface area contributed by atoms with Gasteiger partial charge < -0.3 is 15.5 Å². The number of hydrogen-bond acceptors (Lipinski definition) is 6. The van der Waals surface area contributed by atoms with Gasteiger partial charge in [0.1, 0.15) is 5.82 Å². The maximum absolute atomic E-state index is 14.2. The number of nitrogens with zero attached hydrogens (tertiary/aromatic N) is 3. The third-order valence-electron chi connectivity index (χ3n) is 5.95. The highest BCUT2D eigenvalue weighted by Gasteiger charge is 2.32. The minimum absolute atomic E-state index is 0.0853. The van der Waals surface area contributed by atoms with Crippen molar-refractivity contribution in [3.8, 4) is 0 Å². The number of nitrogens with one attached hydrogen (secondary N) is 2. The smallest absolute Gasteiger partial charge is 0.309 e. The van der Waals surface area contributed by atoms with E-state index in [1.54, 1.807) is 41.9 Å². The maximum atomic E-state index is 14.2. The van der Waals surface area contributed by atoms with E-state index in [2.05, 4.69) is 20.5 Å². The van der Waals surface area contributed by atoms with E-state index in [9.17, 15) is 14.0 Å². The largest absolute Gasteiger partial charge is 0.367 e. The van der Waals surface area contributed by atoms with Gasteiger partial charge in [-0.3, -0.25) is 19.5 Å². The van der Waals surface area contributed by atoms with E-state index in [0.29, 0.717) is 31.9 Å². The number of carbonyl (C=O) groups excluding carboxylic acids is 2. The van der Waals surface area contributed by atoms with Crippen molar-refractivity contribution in [2.45, 2.75) is 25.6 Å². The normalized spacial score (nSPS) is 16.0. The van der Waals surface area contributed by atoms with Crippen LogP contribution in [-0.2, 0) is 16.1 Å². The standard InChI is InChI=1S/C25H28FN5O2S/c1-18(29-25(33)24(32)28-17-19-6-4-10-27-16-19)23(22-9-5-15-34-22)31-13-11-30(12-14-31)21-8-3-2-7-20(21)26/h2-10,15-16,18,23H,11-14,17H2,1H3,(H,28,32)(H,29,33)/t18-,23-/m0/s1. The van der Waals surface area contributed by atoms with Crippen LogP contribution in [0.3, 0.4) is 0 Å². The van der Waals surface area contributed by atoms with Gasteiger partial charge in [0, 0.05) is 56.0 Å². The molecule has 3 heterocycles. The Bertz CT molecular complexity index is 1090. The number of benzene rings is 1. The van der Waals surface area contributed by atoms with Crippen LogP contribution in [0, 0.1) is 5.82 Å². The summed E-state index contributed by atoms with van der Waals surface area (Å²) in [6.45, 7) is 4.93. The van der Waals surface area contributed by atoms with Crippen LogP contribution in [0.25, 0.3) is 0 Å². The maximum Gasteiger partial charge on any atom is 0.309 e. The lowest BCUT2D eigenvalue weighted by Gasteiger charge is -2.42. The molecule has 2 N–H and O–H groups in total. The van der Waals surface area contributed by atoms with Gasteiger partial charge in [0.15, 0.2) is 0 Å². The highest BCUT2D eigenvalue weighted by Crippen LogP contribution is 2.30. The third-order valence-corrected chi connectivity index (χ3v) is 6.89. The number of anilines is 1. The Balaban J connectivity index is 1.38. The van der Waals surface area contributed by atoms with E-state index in [0.717, 1.165) is 10.4 Å². The van der Waals surface area contributed by atoms with Gasteiger partial charge in [0.25, 0.3) is 0 Å². The Labute approximate surface area is 202 Å². The number of thiophene rings is 1. The lowest BCUT2D eigenvalue weighted by atomic mass is 10.0. The van der Waals surface area contributed by atoms with Crippen molar-refractivity contribution in [3.63, 3.8) is 0 Å². The average Bonchev–Trinajstić information content (AvgIpc) is 3.38. The molecule has 7 nitrogen and oxygen atoms in total. The van der Waals surface area contributed by atoms with Gasteiger partial charge in [-0.1, -0.05) is 24.3 Å². The summed E-state index contributed by atoms with van der Waals surface area (Å²) in [7, 11) is 0. The van der Waals surface area contributed by atoms with E-state index < -0.39 is 11.8 Å². The second-order valence-electron chi connectivity index (χ2n) is 8.24. The molecule has 1 saturated heterocycles. The van der Waals surface area contributed by atoms with Crippen LogP contribution in [0.4, 0.5) is 10.1 Å². The molecule has 0 saturated carbocycles. The molecule has 2 atom stereocenters. The van der Waals surface area contributed by atoms with Gasteiger partial charge in [-0.05, 0) is 42.1 Å². The summed E-state index contributed by atoms with van der Waals surface area (Å²) in [4.78, 5) is 34.4. The van der Waals surface area contributed by atoms with Crippen LogP contribution in [0.1, 0.15) is 23.4 Å². The Morgan fingerprint density at radius 1 is 1.06 bits per heavy atom. The number of para-hydroxylation sites is 1. The van der Waals surface area contributed by atoms with Crippen LogP contribution < -0.4 is 15.5 Å². The minimum Gasteiger partial charge on any atom is -0.367 e.